The van der Waals surface area contributed by atoms with Crippen LogP contribution in [-0.4, -0.2) is 29.3 Å². The number of carbonyl (C=O) groups excluding carboxylic acids is 2. The highest BCUT2D eigenvalue weighted by Crippen LogP contribution is 2.31. The van der Waals surface area contributed by atoms with Gasteiger partial charge in [-0.15, -0.1) is 0 Å². The minimum Gasteiger partial charge on any atom is -0.444 e. The number of amides is 2. The molecule has 0 fully saturated rings. The summed E-state index contributed by atoms with van der Waals surface area (Å²) < 4.78 is 32.5. The van der Waals surface area contributed by atoms with Crippen LogP contribution in [0, 0.1) is 5.82 Å². The van der Waals surface area contributed by atoms with Crippen LogP contribution in [0.15, 0.2) is 24.0 Å². The van der Waals surface area contributed by atoms with E-state index in [0.29, 0.717) is 12.0 Å². The van der Waals surface area contributed by atoms with Crippen molar-refractivity contribution in [3.63, 3.8) is 0 Å². The zero-order chi connectivity index (χ0) is 19.5. The van der Waals surface area contributed by atoms with Gasteiger partial charge in [0, 0.05) is 18.5 Å². The van der Waals surface area contributed by atoms with Crippen LogP contribution in [0.5, 0.6) is 0 Å². The van der Waals surface area contributed by atoms with Gasteiger partial charge in [-0.3, -0.25) is 4.79 Å². The van der Waals surface area contributed by atoms with Crippen LogP contribution in [0.2, 0.25) is 0 Å². The molecule has 142 valence electrons. The smallest absolute Gasteiger partial charge is 0.407 e. The lowest BCUT2D eigenvalue weighted by Crippen LogP contribution is -2.34. The first kappa shape index (κ1) is 19.8. The van der Waals surface area contributed by atoms with Gasteiger partial charge < -0.3 is 20.5 Å². The first-order valence-corrected chi connectivity index (χ1v) is 8.17. The molecule has 0 aliphatic carbocycles. The van der Waals surface area contributed by atoms with Gasteiger partial charge in [-0.25, -0.2) is 13.6 Å². The molecule has 1 aliphatic heterocycles. The Morgan fingerprint density at radius 3 is 2.73 bits per heavy atom. The number of aryl methyl sites for hydroxylation is 1. The maximum atomic E-state index is 14.2. The van der Waals surface area contributed by atoms with Crippen LogP contribution in [0.4, 0.5) is 19.3 Å². The van der Waals surface area contributed by atoms with Crippen molar-refractivity contribution < 1.29 is 28.2 Å². The minimum absolute atomic E-state index is 0.0786. The number of anilines is 1. The number of hydrogen-bond acceptors (Lipinski definition) is 4. The summed E-state index contributed by atoms with van der Waals surface area (Å²) in [4.78, 5) is 23.0. The second-order valence-electron chi connectivity index (χ2n) is 7.03. The Hall–Kier alpha value is -2.48. The summed E-state index contributed by atoms with van der Waals surface area (Å²) in [6.45, 7) is 4.74. The van der Waals surface area contributed by atoms with Gasteiger partial charge in [0.1, 0.15) is 17.5 Å². The van der Waals surface area contributed by atoms with Crippen LogP contribution in [0.25, 0.3) is 0 Å². The zero-order valence-electron chi connectivity index (χ0n) is 14.9. The van der Waals surface area contributed by atoms with Gasteiger partial charge in [0.25, 0.3) is 0 Å². The Morgan fingerprint density at radius 1 is 1.42 bits per heavy atom. The van der Waals surface area contributed by atoms with Crippen molar-refractivity contribution in [3.8, 4) is 0 Å². The highest BCUT2D eigenvalue weighted by atomic mass is 19.1. The molecule has 0 aromatic heterocycles. The minimum atomic E-state index is -1.45. The lowest BCUT2D eigenvalue weighted by Gasteiger charge is -2.22. The van der Waals surface area contributed by atoms with E-state index in [9.17, 15) is 23.5 Å². The number of aliphatic hydroxyl groups is 1. The number of benzene rings is 1. The van der Waals surface area contributed by atoms with Gasteiger partial charge in [-0.05, 0) is 44.4 Å². The molecule has 2 amide bonds. The topological polar surface area (TPSA) is 87.7 Å². The van der Waals surface area contributed by atoms with Crippen molar-refractivity contribution in [3.05, 3.63) is 41.0 Å². The SMILES string of the molecule is CC(C)(C)OC(=O)NC/C(=C\F)C(O)c1cc(F)c2c(c1)CCC(=O)N2. The summed E-state index contributed by atoms with van der Waals surface area (Å²) in [5.74, 6) is -0.987. The molecule has 0 spiro atoms. The standard InChI is InChI=1S/C18H22F2N2O4/c1-18(2,3)26-17(25)21-9-12(8-19)16(24)11-6-10-4-5-14(23)22-15(10)13(20)7-11/h6-8,16,24H,4-5,9H2,1-3H3,(H,21,25)(H,22,23)/b12-8+. The molecule has 6 nitrogen and oxygen atoms in total. The molecule has 1 aliphatic rings. The first-order chi connectivity index (χ1) is 12.1. The maximum Gasteiger partial charge on any atom is 0.407 e. The van der Waals surface area contributed by atoms with E-state index in [1.165, 1.54) is 6.07 Å². The molecule has 2 rings (SSSR count). The third-order valence-electron chi connectivity index (χ3n) is 3.72. The molecule has 8 heteroatoms. The van der Waals surface area contributed by atoms with E-state index in [2.05, 4.69) is 10.6 Å². The van der Waals surface area contributed by atoms with Crippen LogP contribution in [-0.2, 0) is 16.0 Å². The second-order valence-corrected chi connectivity index (χ2v) is 7.03. The number of nitrogens with one attached hydrogen (secondary N) is 2. The molecule has 3 N–H and O–H groups in total. The van der Waals surface area contributed by atoms with Crippen molar-refractivity contribution in [2.45, 2.75) is 45.3 Å². The van der Waals surface area contributed by atoms with Crippen LogP contribution < -0.4 is 10.6 Å². The molecule has 1 atom stereocenters. The van der Waals surface area contributed by atoms with Crippen molar-refractivity contribution >= 4 is 17.7 Å². The number of carbonyl (C=O) groups is 2. The van der Waals surface area contributed by atoms with Crippen LogP contribution >= 0.6 is 0 Å². The van der Waals surface area contributed by atoms with Crippen LogP contribution in [0.3, 0.4) is 0 Å². The monoisotopic (exact) mass is 368 g/mol. The van der Waals surface area contributed by atoms with E-state index >= 15 is 0 Å². The van der Waals surface area contributed by atoms with E-state index in [4.69, 9.17) is 4.74 Å². The Labute approximate surface area is 150 Å². The van der Waals surface area contributed by atoms with Crippen molar-refractivity contribution in [2.24, 2.45) is 0 Å². The maximum absolute atomic E-state index is 14.2. The summed E-state index contributed by atoms with van der Waals surface area (Å²) in [5.41, 5.74) is -0.136. The van der Waals surface area contributed by atoms with Crippen molar-refractivity contribution in [1.29, 1.82) is 0 Å². The molecular weight excluding hydrogens is 346 g/mol. The number of alkyl carbamates (subject to hydrolysis) is 1. The second kappa shape index (κ2) is 7.82. The third kappa shape index (κ3) is 5.01. The summed E-state index contributed by atoms with van der Waals surface area (Å²) >= 11 is 0. The molecule has 0 saturated carbocycles. The van der Waals surface area contributed by atoms with Gasteiger partial charge >= 0.3 is 6.09 Å². The molecule has 26 heavy (non-hydrogen) atoms. The Balaban J connectivity index is 2.11. The molecule has 1 unspecified atom stereocenters. The quantitative estimate of drug-likeness (QED) is 0.762. The van der Waals surface area contributed by atoms with E-state index in [1.54, 1.807) is 20.8 Å². The van der Waals surface area contributed by atoms with E-state index in [0.717, 1.165) is 6.07 Å². The predicted octanol–water partition coefficient (Wildman–Crippen LogP) is 3.12. The molecule has 1 heterocycles. The molecule has 0 saturated heterocycles. The summed E-state index contributed by atoms with van der Waals surface area (Å²) in [6.07, 6.45) is -1.52. The fourth-order valence-electron chi connectivity index (χ4n) is 2.53. The molecule has 0 bridgehead atoms. The highest BCUT2D eigenvalue weighted by molar-refractivity contribution is 5.94. The lowest BCUT2D eigenvalue weighted by atomic mass is 9.95. The number of ether oxygens (including phenoxy) is 1. The number of rotatable bonds is 4. The van der Waals surface area contributed by atoms with E-state index in [-0.39, 0.29) is 42.0 Å². The molecule has 0 radical (unpaired) electrons. The third-order valence-corrected chi connectivity index (χ3v) is 3.72. The normalized spacial score (nSPS) is 15.8. The largest absolute Gasteiger partial charge is 0.444 e. The average molecular weight is 368 g/mol. The number of hydrogen-bond donors (Lipinski definition) is 3. The van der Waals surface area contributed by atoms with Gasteiger partial charge in [-0.1, -0.05) is 6.07 Å². The summed E-state index contributed by atoms with van der Waals surface area (Å²) in [5, 5.41) is 15.1. The Kier molecular flexibility index (Phi) is 5.97. The first-order valence-electron chi connectivity index (χ1n) is 8.17. The van der Waals surface area contributed by atoms with Gasteiger partial charge in [0.05, 0.1) is 12.0 Å². The molecule has 1 aromatic carbocycles. The number of halogens is 2. The predicted molar refractivity (Wildman–Crippen MR) is 91.7 cm³/mol. The Bertz CT molecular complexity index is 741. The van der Waals surface area contributed by atoms with Crippen molar-refractivity contribution in [1.82, 2.24) is 5.32 Å². The van der Waals surface area contributed by atoms with Crippen LogP contribution in [0.1, 0.15) is 44.4 Å². The van der Waals surface area contributed by atoms with Gasteiger partial charge in [-0.2, -0.15) is 0 Å². The fraction of sp³-hybridized carbons (Fsp3) is 0.444. The average Bonchev–Trinajstić information content (AvgIpc) is 2.54. The summed E-state index contributed by atoms with van der Waals surface area (Å²) in [6, 6.07) is 2.55. The Morgan fingerprint density at radius 2 is 2.12 bits per heavy atom. The summed E-state index contributed by atoms with van der Waals surface area (Å²) in [7, 11) is 0. The molecular formula is C18H22F2N2O4. The zero-order valence-corrected chi connectivity index (χ0v) is 14.9. The van der Waals surface area contributed by atoms with E-state index in [1.807, 2.05) is 0 Å². The van der Waals surface area contributed by atoms with Gasteiger partial charge in [0.2, 0.25) is 5.91 Å². The highest BCUT2D eigenvalue weighted by Gasteiger charge is 2.23. The van der Waals surface area contributed by atoms with E-state index < -0.39 is 23.6 Å². The molecule has 1 aromatic rings. The number of fused-ring (bicyclic) bond motifs is 1. The lowest BCUT2D eigenvalue weighted by molar-refractivity contribution is -0.116. The van der Waals surface area contributed by atoms with Gasteiger partial charge in [0.15, 0.2) is 0 Å². The fourth-order valence-corrected chi connectivity index (χ4v) is 2.53. The van der Waals surface area contributed by atoms with Crippen molar-refractivity contribution in [2.75, 3.05) is 11.9 Å². The number of aliphatic hydroxyl groups excluding tert-OH is 1.